The van der Waals surface area contributed by atoms with Crippen molar-refractivity contribution in [3.05, 3.63) is 81.9 Å². The molecule has 138 valence electrons. The molecule has 1 amide bonds. The van der Waals surface area contributed by atoms with Gasteiger partial charge in [-0.25, -0.2) is 0 Å². The Morgan fingerprint density at radius 1 is 1.04 bits per heavy atom. The molecule has 0 atom stereocenters. The highest BCUT2D eigenvalue weighted by atomic mass is 16.6. The van der Waals surface area contributed by atoms with Crippen LogP contribution in [0.4, 0.5) is 5.69 Å². The van der Waals surface area contributed by atoms with Crippen LogP contribution in [0.5, 0.6) is 0 Å². The quantitative estimate of drug-likeness (QED) is 0.350. The highest BCUT2D eigenvalue weighted by Crippen LogP contribution is 2.22. The first-order chi connectivity index (χ1) is 13.0. The van der Waals surface area contributed by atoms with Crippen molar-refractivity contribution >= 4 is 23.5 Å². The molecule has 1 aliphatic rings. The average Bonchev–Trinajstić information content (AvgIpc) is 2.72. The number of carbonyl (C=O) groups excluding carboxylic acids is 2. The van der Waals surface area contributed by atoms with E-state index in [1.54, 1.807) is 23.1 Å². The molecular weight excluding hydrogens is 344 g/mol. The van der Waals surface area contributed by atoms with E-state index in [1.807, 2.05) is 30.3 Å². The van der Waals surface area contributed by atoms with Crippen LogP contribution < -0.4 is 0 Å². The van der Waals surface area contributed by atoms with Crippen molar-refractivity contribution < 1.29 is 14.5 Å². The molecule has 27 heavy (non-hydrogen) atoms. The molecule has 6 heteroatoms. The molecule has 1 saturated heterocycles. The number of Topliss-reactive ketones (excluding diaryl/α,β-unsaturated/α-hetero) is 1. The summed E-state index contributed by atoms with van der Waals surface area (Å²) in [5.41, 5.74) is 1.31. The normalized spacial score (nSPS) is 15.0. The number of nitro benzene ring substituents is 1. The number of likely N-dealkylation sites (tertiary alicyclic amines) is 1. The summed E-state index contributed by atoms with van der Waals surface area (Å²) in [5.74, 6) is -0.0702. The second-order valence-electron chi connectivity index (χ2n) is 6.52. The average molecular weight is 364 g/mol. The van der Waals surface area contributed by atoms with Crippen molar-refractivity contribution in [1.29, 1.82) is 0 Å². The first-order valence-corrected chi connectivity index (χ1v) is 8.85. The Labute approximate surface area is 157 Å². The summed E-state index contributed by atoms with van der Waals surface area (Å²) in [5, 5.41) is 10.8. The van der Waals surface area contributed by atoms with E-state index in [-0.39, 0.29) is 23.3 Å². The minimum Gasteiger partial charge on any atom is -0.339 e. The minimum absolute atomic E-state index is 0.00941. The molecule has 0 spiro atoms. The Hall–Kier alpha value is -3.28. The molecule has 0 bridgehead atoms. The van der Waals surface area contributed by atoms with Crippen LogP contribution in [0, 0.1) is 16.0 Å². The van der Waals surface area contributed by atoms with Gasteiger partial charge in [0.25, 0.3) is 5.69 Å². The molecule has 0 aromatic heterocycles. The highest BCUT2D eigenvalue weighted by Gasteiger charge is 2.27. The molecule has 0 saturated carbocycles. The first-order valence-electron chi connectivity index (χ1n) is 8.85. The van der Waals surface area contributed by atoms with E-state index in [1.165, 1.54) is 18.2 Å². The van der Waals surface area contributed by atoms with Crippen molar-refractivity contribution in [3.8, 4) is 0 Å². The Morgan fingerprint density at radius 3 is 2.41 bits per heavy atom. The zero-order valence-corrected chi connectivity index (χ0v) is 14.8. The molecule has 0 unspecified atom stereocenters. The van der Waals surface area contributed by atoms with Gasteiger partial charge in [-0.1, -0.05) is 42.5 Å². The predicted molar refractivity (Wildman–Crippen MR) is 102 cm³/mol. The standard InChI is InChI=1S/C21H20N2O4/c24-20(10-9-16-5-4-8-19(15-16)23(26)27)22-13-11-18(12-14-22)21(25)17-6-2-1-3-7-17/h1-10,15,18H,11-14H2. The number of benzene rings is 2. The van der Waals surface area contributed by atoms with Crippen molar-refractivity contribution in [1.82, 2.24) is 4.90 Å². The molecule has 6 nitrogen and oxygen atoms in total. The van der Waals surface area contributed by atoms with Gasteiger partial charge in [0, 0.05) is 42.8 Å². The van der Waals surface area contributed by atoms with Crippen LogP contribution in [0.25, 0.3) is 6.08 Å². The number of non-ortho nitro benzene ring substituents is 1. The van der Waals surface area contributed by atoms with Crippen LogP contribution in [-0.4, -0.2) is 34.6 Å². The first kappa shape index (κ1) is 18.5. The summed E-state index contributed by atoms with van der Waals surface area (Å²) in [4.78, 5) is 36.9. The molecule has 0 aliphatic carbocycles. The van der Waals surface area contributed by atoms with E-state index in [0.717, 1.165) is 0 Å². The molecule has 1 heterocycles. The molecule has 0 N–H and O–H groups in total. The van der Waals surface area contributed by atoms with Crippen LogP contribution >= 0.6 is 0 Å². The van der Waals surface area contributed by atoms with E-state index in [0.29, 0.717) is 37.1 Å². The van der Waals surface area contributed by atoms with E-state index in [2.05, 4.69) is 0 Å². The highest BCUT2D eigenvalue weighted by molar-refractivity contribution is 5.98. The minimum atomic E-state index is -0.465. The zero-order chi connectivity index (χ0) is 19.2. The lowest BCUT2D eigenvalue weighted by Gasteiger charge is -2.30. The van der Waals surface area contributed by atoms with Crippen molar-refractivity contribution in [2.75, 3.05) is 13.1 Å². The summed E-state index contributed by atoms with van der Waals surface area (Å²) < 4.78 is 0. The fraction of sp³-hybridized carbons (Fsp3) is 0.238. The number of nitrogens with zero attached hydrogens (tertiary/aromatic N) is 2. The predicted octanol–water partition coefficient (Wildman–Crippen LogP) is 3.73. The van der Waals surface area contributed by atoms with Crippen LogP contribution in [0.2, 0.25) is 0 Å². The number of nitro groups is 1. The van der Waals surface area contributed by atoms with Crippen LogP contribution in [0.15, 0.2) is 60.7 Å². The maximum absolute atomic E-state index is 12.5. The van der Waals surface area contributed by atoms with E-state index < -0.39 is 4.92 Å². The lowest BCUT2D eigenvalue weighted by molar-refractivity contribution is -0.384. The molecule has 2 aromatic carbocycles. The third-order valence-corrected chi connectivity index (χ3v) is 4.74. The molecule has 1 aliphatic heterocycles. The summed E-state index contributed by atoms with van der Waals surface area (Å²) in [6, 6.07) is 15.4. The Morgan fingerprint density at radius 2 is 1.74 bits per heavy atom. The SMILES string of the molecule is O=C(c1ccccc1)C1CCN(C(=O)C=Cc2cccc([N+](=O)[O-])c2)CC1. The number of carbonyl (C=O) groups is 2. The van der Waals surface area contributed by atoms with Gasteiger partial charge in [0.1, 0.15) is 0 Å². The van der Waals surface area contributed by atoms with E-state index in [4.69, 9.17) is 0 Å². The van der Waals surface area contributed by atoms with Crippen LogP contribution in [0.3, 0.4) is 0 Å². The van der Waals surface area contributed by atoms with Crippen molar-refractivity contribution in [2.45, 2.75) is 12.8 Å². The molecule has 3 rings (SSSR count). The zero-order valence-electron chi connectivity index (χ0n) is 14.8. The Bertz CT molecular complexity index is 869. The third kappa shape index (κ3) is 4.67. The van der Waals surface area contributed by atoms with Gasteiger partial charge in [0.15, 0.2) is 5.78 Å². The molecular formula is C21H20N2O4. The third-order valence-electron chi connectivity index (χ3n) is 4.74. The summed E-state index contributed by atoms with van der Waals surface area (Å²) >= 11 is 0. The summed E-state index contributed by atoms with van der Waals surface area (Å²) in [6.07, 6.45) is 4.29. The van der Waals surface area contributed by atoms with Gasteiger partial charge in [0.05, 0.1) is 4.92 Å². The largest absolute Gasteiger partial charge is 0.339 e. The topological polar surface area (TPSA) is 80.5 Å². The van der Waals surface area contributed by atoms with Crippen molar-refractivity contribution in [3.63, 3.8) is 0 Å². The van der Waals surface area contributed by atoms with Gasteiger partial charge in [0.2, 0.25) is 5.91 Å². The van der Waals surface area contributed by atoms with Gasteiger partial charge < -0.3 is 4.90 Å². The van der Waals surface area contributed by atoms with E-state index in [9.17, 15) is 19.7 Å². The Balaban J connectivity index is 1.56. The fourth-order valence-corrected chi connectivity index (χ4v) is 3.22. The van der Waals surface area contributed by atoms with Gasteiger partial charge in [-0.15, -0.1) is 0 Å². The number of amides is 1. The van der Waals surface area contributed by atoms with Gasteiger partial charge in [-0.05, 0) is 24.5 Å². The molecule has 1 fully saturated rings. The van der Waals surface area contributed by atoms with Crippen molar-refractivity contribution in [2.24, 2.45) is 5.92 Å². The maximum Gasteiger partial charge on any atom is 0.270 e. The second-order valence-corrected chi connectivity index (χ2v) is 6.52. The number of hydrogen-bond acceptors (Lipinski definition) is 4. The summed E-state index contributed by atoms with van der Waals surface area (Å²) in [7, 11) is 0. The number of rotatable bonds is 5. The lowest BCUT2D eigenvalue weighted by atomic mass is 9.89. The monoisotopic (exact) mass is 364 g/mol. The summed E-state index contributed by atoms with van der Waals surface area (Å²) in [6.45, 7) is 1.06. The van der Waals surface area contributed by atoms with Gasteiger partial charge in [-0.3, -0.25) is 19.7 Å². The lowest BCUT2D eigenvalue weighted by Crippen LogP contribution is -2.39. The number of hydrogen-bond donors (Lipinski definition) is 0. The smallest absolute Gasteiger partial charge is 0.270 e. The second kappa shape index (κ2) is 8.40. The van der Waals surface area contributed by atoms with Crippen LogP contribution in [0.1, 0.15) is 28.8 Å². The molecule has 0 radical (unpaired) electrons. The fourth-order valence-electron chi connectivity index (χ4n) is 3.22. The van der Waals surface area contributed by atoms with Gasteiger partial charge in [-0.2, -0.15) is 0 Å². The number of piperidine rings is 1. The van der Waals surface area contributed by atoms with Crippen LogP contribution in [-0.2, 0) is 4.79 Å². The maximum atomic E-state index is 12.5. The number of ketones is 1. The van der Waals surface area contributed by atoms with Gasteiger partial charge >= 0.3 is 0 Å². The Kier molecular flexibility index (Phi) is 5.76. The van der Waals surface area contributed by atoms with E-state index >= 15 is 0 Å². The molecule has 2 aromatic rings.